The summed E-state index contributed by atoms with van der Waals surface area (Å²) in [6.07, 6.45) is -4.63. The zero-order valence-corrected chi connectivity index (χ0v) is 13.6. The summed E-state index contributed by atoms with van der Waals surface area (Å²) in [5.74, 6) is -0.146. The minimum atomic E-state index is -4.63. The molecule has 0 unspecified atom stereocenters. The second kappa shape index (κ2) is 7.38. The molecule has 2 aromatic rings. The van der Waals surface area contributed by atoms with Crippen LogP contribution >= 0.6 is 0 Å². The highest BCUT2D eigenvalue weighted by molar-refractivity contribution is 5.95. The molecule has 1 atom stereocenters. The summed E-state index contributed by atoms with van der Waals surface area (Å²) in [4.78, 5) is 23.1. The van der Waals surface area contributed by atoms with Gasteiger partial charge in [-0.2, -0.15) is 13.2 Å². The van der Waals surface area contributed by atoms with E-state index in [9.17, 15) is 22.8 Å². The molecule has 0 heterocycles. The summed E-state index contributed by atoms with van der Waals surface area (Å²) < 4.78 is 39.8. The van der Waals surface area contributed by atoms with Gasteiger partial charge in [-0.3, -0.25) is 4.79 Å². The Morgan fingerprint density at radius 1 is 0.960 bits per heavy atom. The highest BCUT2D eigenvalue weighted by atomic mass is 19.4. The van der Waals surface area contributed by atoms with Crippen molar-refractivity contribution in [1.29, 1.82) is 0 Å². The molecule has 4 nitrogen and oxygen atoms in total. The van der Waals surface area contributed by atoms with Crippen LogP contribution in [0, 0.1) is 6.92 Å². The monoisotopic (exact) mass is 350 g/mol. The first-order chi connectivity index (χ1) is 11.7. The van der Waals surface area contributed by atoms with Crippen LogP contribution in [0.15, 0.2) is 48.5 Å². The molecule has 7 heteroatoms. The smallest absolute Gasteiger partial charge is 0.322 e. The molecule has 0 saturated heterocycles. The van der Waals surface area contributed by atoms with Gasteiger partial charge in [0, 0.05) is 11.3 Å². The first-order valence-electron chi connectivity index (χ1n) is 7.48. The molecule has 0 spiro atoms. The number of hydrogen-bond acceptors (Lipinski definition) is 2. The molecule has 0 bridgehead atoms. The zero-order valence-electron chi connectivity index (χ0n) is 13.6. The minimum absolute atomic E-state index is 0.0554. The van der Waals surface area contributed by atoms with Crippen LogP contribution in [0.4, 0.5) is 23.7 Å². The first-order valence-corrected chi connectivity index (χ1v) is 7.48. The lowest BCUT2D eigenvalue weighted by molar-refractivity contribution is -0.154. The van der Waals surface area contributed by atoms with E-state index in [4.69, 9.17) is 0 Å². The van der Waals surface area contributed by atoms with Gasteiger partial charge in [0.2, 0.25) is 0 Å². The fourth-order valence-electron chi connectivity index (χ4n) is 2.20. The van der Waals surface area contributed by atoms with Crippen LogP contribution < -0.4 is 10.6 Å². The number of aryl methyl sites for hydroxylation is 1. The van der Waals surface area contributed by atoms with Gasteiger partial charge in [-0.1, -0.05) is 29.8 Å². The Morgan fingerprint density at radius 3 is 2.00 bits per heavy atom. The zero-order chi connectivity index (χ0) is 18.6. The Balaban J connectivity index is 2.11. The van der Waals surface area contributed by atoms with Crippen LogP contribution in [0.3, 0.4) is 0 Å². The number of alkyl halides is 3. The van der Waals surface area contributed by atoms with Gasteiger partial charge in [0.1, 0.15) is 0 Å². The Labute approximate surface area is 143 Å². The first kappa shape index (κ1) is 18.5. The molecule has 0 saturated carbocycles. The minimum Gasteiger partial charge on any atom is -0.322 e. The maximum Gasteiger partial charge on any atom is 0.412 e. The number of carbonyl (C=O) groups is 2. The van der Waals surface area contributed by atoms with Crippen LogP contribution in [0.25, 0.3) is 0 Å². The van der Waals surface area contributed by atoms with Crippen LogP contribution in [-0.4, -0.2) is 18.0 Å². The molecule has 0 aliphatic carbocycles. The molecular formula is C18H17F3N2O2. The van der Waals surface area contributed by atoms with E-state index in [0.717, 1.165) is 5.56 Å². The highest BCUT2D eigenvalue weighted by Crippen LogP contribution is 2.32. The summed E-state index contributed by atoms with van der Waals surface area (Å²) in [7, 11) is 0. The van der Waals surface area contributed by atoms with Crippen molar-refractivity contribution < 1.29 is 22.8 Å². The van der Waals surface area contributed by atoms with Crippen LogP contribution in [0.2, 0.25) is 0 Å². The number of halogens is 3. The van der Waals surface area contributed by atoms with Crippen molar-refractivity contribution in [1.82, 2.24) is 5.32 Å². The molecule has 0 aliphatic rings. The van der Waals surface area contributed by atoms with Gasteiger partial charge in [-0.05, 0) is 43.7 Å². The molecule has 2 rings (SSSR count). The highest BCUT2D eigenvalue weighted by Gasteiger charge is 2.41. The van der Waals surface area contributed by atoms with Gasteiger partial charge in [0.05, 0.1) is 0 Å². The van der Waals surface area contributed by atoms with E-state index in [-0.39, 0.29) is 17.0 Å². The summed E-state index contributed by atoms with van der Waals surface area (Å²) in [5.41, 5.74) is 1.49. The predicted molar refractivity (Wildman–Crippen MR) is 88.6 cm³/mol. The van der Waals surface area contributed by atoms with E-state index in [1.54, 1.807) is 19.1 Å². The number of hydrogen-bond donors (Lipinski definition) is 2. The third-order valence-corrected chi connectivity index (χ3v) is 3.56. The number of nitrogens with one attached hydrogen (secondary N) is 2. The average molecular weight is 350 g/mol. The van der Waals surface area contributed by atoms with Crippen LogP contribution in [0.5, 0.6) is 0 Å². The molecule has 0 aliphatic heterocycles. The van der Waals surface area contributed by atoms with Crippen molar-refractivity contribution in [2.75, 3.05) is 5.32 Å². The van der Waals surface area contributed by atoms with Gasteiger partial charge in [-0.25, -0.2) is 4.79 Å². The quantitative estimate of drug-likeness (QED) is 0.791. The fourth-order valence-corrected chi connectivity index (χ4v) is 2.20. The van der Waals surface area contributed by atoms with Gasteiger partial charge in [-0.15, -0.1) is 0 Å². The van der Waals surface area contributed by atoms with E-state index >= 15 is 0 Å². The van der Waals surface area contributed by atoms with Crippen molar-refractivity contribution in [3.63, 3.8) is 0 Å². The number of ketones is 1. The number of urea groups is 1. The van der Waals surface area contributed by atoms with Gasteiger partial charge < -0.3 is 10.6 Å². The SMILES string of the molecule is CC(=O)c1ccc(NC(=O)N[C@@H](c2ccc(C)cc2)C(F)(F)F)cc1. The van der Waals surface area contributed by atoms with Gasteiger partial charge in [0.25, 0.3) is 0 Å². The van der Waals surface area contributed by atoms with Gasteiger partial charge >= 0.3 is 12.2 Å². The molecule has 132 valence electrons. The molecular weight excluding hydrogens is 333 g/mol. The van der Waals surface area contributed by atoms with Crippen molar-refractivity contribution >= 4 is 17.5 Å². The van der Waals surface area contributed by atoms with E-state index in [0.29, 0.717) is 5.56 Å². The maximum absolute atomic E-state index is 13.3. The molecule has 0 fully saturated rings. The van der Waals surface area contributed by atoms with E-state index in [2.05, 4.69) is 5.32 Å². The predicted octanol–water partition coefficient (Wildman–Crippen LogP) is 4.62. The number of amides is 2. The van der Waals surface area contributed by atoms with Gasteiger partial charge in [0.15, 0.2) is 11.8 Å². The fraction of sp³-hybridized carbons (Fsp3) is 0.222. The van der Waals surface area contributed by atoms with Crippen molar-refractivity contribution in [2.24, 2.45) is 0 Å². The van der Waals surface area contributed by atoms with Crippen LogP contribution in [-0.2, 0) is 0 Å². The summed E-state index contributed by atoms with van der Waals surface area (Å²) >= 11 is 0. The maximum atomic E-state index is 13.3. The number of anilines is 1. The molecule has 2 amide bonds. The molecule has 25 heavy (non-hydrogen) atoms. The Hall–Kier alpha value is -2.83. The lowest BCUT2D eigenvalue weighted by Crippen LogP contribution is -2.40. The number of benzene rings is 2. The number of Topliss-reactive ketones (excluding diaryl/α,β-unsaturated/α-hetero) is 1. The Morgan fingerprint density at radius 2 is 1.52 bits per heavy atom. The largest absolute Gasteiger partial charge is 0.412 e. The topological polar surface area (TPSA) is 58.2 Å². The molecule has 0 aromatic heterocycles. The lowest BCUT2D eigenvalue weighted by atomic mass is 10.0. The van der Waals surface area contributed by atoms with Crippen LogP contribution in [0.1, 0.15) is 34.5 Å². The summed E-state index contributed by atoms with van der Waals surface area (Å²) in [6.45, 7) is 3.15. The molecule has 0 radical (unpaired) electrons. The lowest BCUT2D eigenvalue weighted by Gasteiger charge is -2.22. The second-order valence-electron chi connectivity index (χ2n) is 5.62. The summed E-state index contributed by atoms with van der Waals surface area (Å²) in [5, 5.41) is 4.27. The standard InChI is InChI=1S/C18H17F3N2O2/c1-11-3-5-14(6-4-11)16(18(19,20)21)23-17(25)22-15-9-7-13(8-10-15)12(2)24/h3-10,16H,1-2H3,(H2,22,23,25)/t16-/m0/s1. The number of carbonyl (C=O) groups excluding carboxylic acids is 2. The Bertz CT molecular complexity index is 753. The third-order valence-electron chi connectivity index (χ3n) is 3.56. The normalized spacial score (nSPS) is 12.4. The summed E-state index contributed by atoms with van der Waals surface area (Å²) in [6, 6.07) is 8.52. The van der Waals surface area contributed by atoms with E-state index < -0.39 is 18.2 Å². The third kappa shape index (κ3) is 5.07. The molecule has 2 N–H and O–H groups in total. The van der Waals surface area contributed by atoms with E-state index in [1.165, 1.54) is 43.3 Å². The Kier molecular flexibility index (Phi) is 5.46. The average Bonchev–Trinajstić information content (AvgIpc) is 2.53. The van der Waals surface area contributed by atoms with E-state index in [1.807, 2.05) is 5.32 Å². The van der Waals surface area contributed by atoms with Crippen molar-refractivity contribution in [3.8, 4) is 0 Å². The van der Waals surface area contributed by atoms with Crippen molar-refractivity contribution in [3.05, 3.63) is 65.2 Å². The van der Waals surface area contributed by atoms with Crippen molar-refractivity contribution in [2.45, 2.75) is 26.1 Å². The second-order valence-corrected chi connectivity index (χ2v) is 5.62. The number of rotatable bonds is 4. The molecule has 2 aromatic carbocycles.